The maximum atomic E-state index is 12.5. The molecule has 23 heavy (non-hydrogen) atoms. The Morgan fingerprint density at radius 3 is 2.65 bits per heavy atom. The molecule has 0 saturated carbocycles. The van der Waals surface area contributed by atoms with Gasteiger partial charge in [-0.05, 0) is 52.2 Å². The number of aryl methyl sites for hydroxylation is 1. The molecule has 6 nitrogen and oxygen atoms in total. The summed E-state index contributed by atoms with van der Waals surface area (Å²) in [7, 11) is -3.53. The number of hydrogen-bond donors (Lipinski definition) is 0. The molecule has 0 spiro atoms. The van der Waals surface area contributed by atoms with E-state index in [0.29, 0.717) is 13.0 Å². The average Bonchev–Trinajstić information content (AvgIpc) is 2.84. The molecule has 0 N–H and O–H groups in total. The smallest absolute Gasteiger partial charge is 0.410 e. The van der Waals surface area contributed by atoms with Crippen LogP contribution < -0.4 is 0 Å². The largest absolute Gasteiger partial charge is 0.444 e. The highest BCUT2D eigenvalue weighted by molar-refractivity contribution is 7.91. The van der Waals surface area contributed by atoms with Gasteiger partial charge in [-0.15, -0.1) is 0 Å². The van der Waals surface area contributed by atoms with Crippen LogP contribution in [0.1, 0.15) is 39.2 Å². The number of amides is 1. The monoisotopic (exact) mass is 340 g/mol. The molecule has 1 aromatic heterocycles. The van der Waals surface area contributed by atoms with Crippen molar-refractivity contribution in [2.24, 2.45) is 0 Å². The number of pyridine rings is 1. The number of rotatable bonds is 3. The zero-order valence-corrected chi connectivity index (χ0v) is 14.9. The third-order valence-corrected chi connectivity index (χ3v) is 5.32. The van der Waals surface area contributed by atoms with Gasteiger partial charge in [0.05, 0.1) is 5.75 Å². The van der Waals surface area contributed by atoms with Crippen LogP contribution >= 0.6 is 0 Å². The predicted molar refractivity (Wildman–Crippen MR) is 87.0 cm³/mol. The Morgan fingerprint density at radius 2 is 2.09 bits per heavy atom. The van der Waals surface area contributed by atoms with E-state index in [1.807, 2.05) is 6.92 Å². The van der Waals surface area contributed by atoms with E-state index in [-0.39, 0.29) is 16.8 Å². The number of nitrogens with zero attached hydrogens (tertiary/aromatic N) is 2. The van der Waals surface area contributed by atoms with Crippen LogP contribution in [0, 0.1) is 6.92 Å². The Bertz CT molecular complexity index is 662. The van der Waals surface area contributed by atoms with Crippen LogP contribution in [0.2, 0.25) is 0 Å². The van der Waals surface area contributed by atoms with E-state index in [1.165, 1.54) is 17.2 Å². The van der Waals surface area contributed by atoms with Crippen molar-refractivity contribution in [2.75, 3.05) is 12.3 Å². The molecule has 2 heterocycles. The SMILES string of the molecule is Cc1ccc(S(=O)(=O)C[C@H]2CCCN2C(=O)OC(C)(C)C)nc1. The standard InChI is InChI=1S/C16H24N2O4S/c1-12-7-8-14(17-10-12)23(20,21)11-13-6-5-9-18(13)15(19)22-16(2,3)4/h7-8,10,13H,5-6,9,11H2,1-4H3/t13-/m1/s1. The summed E-state index contributed by atoms with van der Waals surface area (Å²) in [5.74, 6) is -0.123. The van der Waals surface area contributed by atoms with E-state index in [9.17, 15) is 13.2 Å². The molecular weight excluding hydrogens is 316 g/mol. The molecule has 0 aliphatic carbocycles. The fourth-order valence-electron chi connectivity index (χ4n) is 2.55. The normalized spacial score (nSPS) is 19.0. The Balaban J connectivity index is 2.11. The van der Waals surface area contributed by atoms with Crippen LogP contribution in [-0.4, -0.2) is 48.3 Å². The van der Waals surface area contributed by atoms with E-state index in [1.54, 1.807) is 26.8 Å². The van der Waals surface area contributed by atoms with Gasteiger partial charge in [0.1, 0.15) is 5.60 Å². The number of carbonyl (C=O) groups is 1. The molecule has 2 rings (SSSR count). The van der Waals surface area contributed by atoms with Gasteiger partial charge in [0.15, 0.2) is 14.9 Å². The summed E-state index contributed by atoms with van der Waals surface area (Å²) < 4.78 is 30.4. The van der Waals surface area contributed by atoms with E-state index >= 15 is 0 Å². The van der Waals surface area contributed by atoms with Crippen molar-refractivity contribution in [3.63, 3.8) is 0 Å². The van der Waals surface area contributed by atoms with E-state index in [4.69, 9.17) is 4.74 Å². The number of sulfone groups is 1. The third-order valence-electron chi connectivity index (χ3n) is 3.62. The van der Waals surface area contributed by atoms with Crippen molar-refractivity contribution < 1.29 is 17.9 Å². The number of aromatic nitrogens is 1. The minimum atomic E-state index is -3.53. The quantitative estimate of drug-likeness (QED) is 0.845. The molecule has 1 atom stereocenters. The molecule has 0 radical (unpaired) electrons. The van der Waals surface area contributed by atoms with Gasteiger partial charge in [0.25, 0.3) is 0 Å². The lowest BCUT2D eigenvalue weighted by atomic mass is 10.2. The molecule has 1 aliphatic rings. The van der Waals surface area contributed by atoms with E-state index in [0.717, 1.165) is 12.0 Å². The van der Waals surface area contributed by atoms with Crippen LogP contribution in [-0.2, 0) is 14.6 Å². The van der Waals surface area contributed by atoms with Gasteiger partial charge in [-0.25, -0.2) is 18.2 Å². The zero-order valence-electron chi connectivity index (χ0n) is 14.1. The average molecular weight is 340 g/mol. The maximum Gasteiger partial charge on any atom is 0.410 e. The summed E-state index contributed by atoms with van der Waals surface area (Å²) in [5, 5.41) is 0.0548. The molecule has 7 heteroatoms. The van der Waals surface area contributed by atoms with Crippen molar-refractivity contribution in [3.8, 4) is 0 Å². The fraction of sp³-hybridized carbons (Fsp3) is 0.625. The fourth-order valence-corrected chi connectivity index (χ4v) is 4.06. The predicted octanol–water partition coefficient (Wildman–Crippen LogP) is 2.56. The highest BCUT2D eigenvalue weighted by atomic mass is 32.2. The molecule has 1 aliphatic heterocycles. The topological polar surface area (TPSA) is 76.6 Å². The van der Waals surface area contributed by atoms with Crippen molar-refractivity contribution in [1.82, 2.24) is 9.88 Å². The molecule has 1 aromatic rings. The first kappa shape index (κ1) is 17.7. The molecule has 0 bridgehead atoms. The Kier molecular flexibility index (Phi) is 4.98. The summed E-state index contributed by atoms with van der Waals surface area (Å²) in [6.45, 7) is 7.76. The molecule has 1 saturated heterocycles. The van der Waals surface area contributed by atoms with Gasteiger partial charge in [-0.1, -0.05) is 6.07 Å². The summed E-state index contributed by atoms with van der Waals surface area (Å²) in [6, 6.07) is 2.87. The molecule has 0 aromatic carbocycles. The van der Waals surface area contributed by atoms with Crippen molar-refractivity contribution in [3.05, 3.63) is 23.9 Å². The second kappa shape index (κ2) is 6.47. The number of ether oxygens (including phenoxy) is 1. The number of carbonyl (C=O) groups excluding carboxylic acids is 1. The Hall–Kier alpha value is -1.63. The second-order valence-corrected chi connectivity index (χ2v) is 8.91. The first-order chi connectivity index (χ1) is 10.6. The van der Waals surface area contributed by atoms with E-state index < -0.39 is 21.5 Å². The lowest BCUT2D eigenvalue weighted by molar-refractivity contribution is 0.0241. The van der Waals surface area contributed by atoms with Gasteiger partial charge in [0.2, 0.25) is 0 Å². The van der Waals surface area contributed by atoms with Gasteiger partial charge >= 0.3 is 6.09 Å². The lowest BCUT2D eigenvalue weighted by Gasteiger charge is -2.28. The van der Waals surface area contributed by atoms with Gasteiger partial charge in [-0.3, -0.25) is 0 Å². The Morgan fingerprint density at radius 1 is 1.39 bits per heavy atom. The zero-order chi connectivity index (χ0) is 17.3. The number of hydrogen-bond acceptors (Lipinski definition) is 5. The first-order valence-electron chi connectivity index (χ1n) is 7.73. The lowest BCUT2D eigenvalue weighted by Crippen LogP contribution is -2.42. The molecule has 1 amide bonds. The minimum Gasteiger partial charge on any atom is -0.444 e. The summed E-state index contributed by atoms with van der Waals surface area (Å²) >= 11 is 0. The molecular formula is C16H24N2O4S. The van der Waals surface area contributed by atoms with E-state index in [2.05, 4.69) is 4.98 Å². The Labute approximate surface area is 137 Å². The second-order valence-electron chi connectivity index (χ2n) is 6.92. The van der Waals surface area contributed by atoms with Gasteiger partial charge in [0, 0.05) is 18.8 Å². The maximum absolute atomic E-state index is 12.5. The van der Waals surface area contributed by atoms with Gasteiger partial charge < -0.3 is 9.64 Å². The van der Waals surface area contributed by atoms with Crippen LogP contribution in [0.5, 0.6) is 0 Å². The summed E-state index contributed by atoms with van der Waals surface area (Å²) in [6.07, 6.45) is 2.52. The highest BCUT2D eigenvalue weighted by Crippen LogP contribution is 2.23. The summed E-state index contributed by atoms with van der Waals surface area (Å²) in [4.78, 5) is 17.8. The molecule has 1 fully saturated rings. The van der Waals surface area contributed by atoms with Gasteiger partial charge in [-0.2, -0.15) is 0 Å². The van der Waals surface area contributed by atoms with Crippen molar-refractivity contribution in [1.29, 1.82) is 0 Å². The first-order valence-corrected chi connectivity index (χ1v) is 9.39. The van der Waals surface area contributed by atoms with Crippen LogP contribution in [0.4, 0.5) is 4.79 Å². The molecule has 128 valence electrons. The third kappa shape index (κ3) is 4.67. The highest BCUT2D eigenvalue weighted by Gasteiger charge is 2.35. The van der Waals surface area contributed by atoms with Crippen molar-refractivity contribution in [2.45, 2.75) is 57.2 Å². The summed E-state index contributed by atoms with van der Waals surface area (Å²) in [5.41, 5.74) is 0.307. The van der Waals surface area contributed by atoms with Crippen LogP contribution in [0.25, 0.3) is 0 Å². The molecule has 0 unspecified atom stereocenters. The van der Waals surface area contributed by atoms with Crippen molar-refractivity contribution >= 4 is 15.9 Å². The van der Waals surface area contributed by atoms with Crippen LogP contribution in [0.15, 0.2) is 23.4 Å². The van der Waals surface area contributed by atoms with Crippen LogP contribution in [0.3, 0.4) is 0 Å². The minimum absolute atomic E-state index is 0.0548. The number of likely N-dealkylation sites (tertiary alicyclic amines) is 1.